The third-order valence-electron chi connectivity index (χ3n) is 6.23. The van der Waals surface area contributed by atoms with E-state index in [2.05, 4.69) is 5.32 Å². The molecule has 0 radical (unpaired) electrons. The van der Waals surface area contributed by atoms with Gasteiger partial charge in [-0.15, -0.1) is 11.8 Å². The number of carbonyl (C=O) groups excluding carboxylic acids is 2. The first kappa shape index (κ1) is 22.6. The standard InChI is InChI=1S/C26H24ClN3O3S/c1-17-7-9-19(10-8-17)28-25(32)30-13-14-34-26(30)21-15-20(33-2)11-12-23(21)29(24(26)31)16-18-5-3-4-6-22(18)27/h3-12,15H,13-14,16H2,1-2H3,(H,28,32)/t26-/m0/s1. The Bertz CT molecular complexity index is 1270. The molecule has 2 aliphatic heterocycles. The fourth-order valence-electron chi connectivity index (χ4n) is 4.50. The molecule has 3 aromatic carbocycles. The molecule has 3 amide bonds. The third-order valence-corrected chi connectivity index (χ3v) is 8.02. The number of carbonyl (C=O) groups is 2. The molecule has 2 heterocycles. The number of aryl methyl sites for hydroxylation is 1. The number of hydrogen-bond acceptors (Lipinski definition) is 4. The van der Waals surface area contributed by atoms with Gasteiger partial charge in [-0.1, -0.05) is 47.5 Å². The second-order valence-electron chi connectivity index (χ2n) is 8.31. The summed E-state index contributed by atoms with van der Waals surface area (Å²) in [4.78, 5) is 29.8. The minimum absolute atomic E-state index is 0.155. The largest absolute Gasteiger partial charge is 0.497 e. The maximum absolute atomic E-state index is 14.1. The fourth-order valence-corrected chi connectivity index (χ4v) is 6.15. The summed E-state index contributed by atoms with van der Waals surface area (Å²) in [5.74, 6) is 1.12. The number of benzene rings is 3. The van der Waals surface area contributed by atoms with E-state index >= 15 is 0 Å². The van der Waals surface area contributed by atoms with Gasteiger partial charge in [0.1, 0.15) is 5.75 Å². The molecule has 0 aliphatic carbocycles. The Morgan fingerprint density at radius 1 is 1.15 bits per heavy atom. The van der Waals surface area contributed by atoms with Crippen molar-refractivity contribution in [3.8, 4) is 5.75 Å². The van der Waals surface area contributed by atoms with Gasteiger partial charge in [-0.3, -0.25) is 9.69 Å². The average molecular weight is 494 g/mol. The highest BCUT2D eigenvalue weighted by Gasteiger charge is 2.59. The molecule has 1 saturated heterocycles. The van der Waals surface area contributed by atoms with Crippen molar-refractivity contribution in [2.45, 2.75) is 18.3 Å². The zero-order chi connectivity index (χ0) is 23.9. The summed E-state index contributed by atoms with van der Waals surface area (Å²) in [5.41, 5.74) is 4.15. The molecule has 1 N–H and O–H groups in total. The second-order valence-corrected chi connectivity index (χ2v) is 10.0. The van der Waals surface area contributed by atoms with Gasteiger partial charge >= 0.3 is 6.03 Å². The number of ether oxygens (including phenoxy) is 1. The number of fused-ring (bicyclic) bond motifs is 2. The van der Waals surface area contributed by atoms with Crippen LogP contribution < -0.4 is 15.0 Å². The fraction of sp³-hybridized carbons (Fsp3) is 0.231. The molecule has 1 fully saturated rings. The van der Waals surface area contributed by atoms with E-state index in [4.69, 9.17) is 16.3 Å². The molecule has 8 heteroatoms. The maximum atomic E-state index is 14.1. The molecule has 0 saturated carbocycles. The molecule has 6 nitrogen and oxygen atoms in total. The van der Waals surface area contributed by atoms with Gasteiger partial charge in [0.15, 0.2) is 4.87 Å². The first-order valence-electron chi connectivity index (χ1n) is 11.0. The van der Waals surface area contributed by atoms with E-state index in [1.807, 2.05) is 73.7 Å². The molecule has 174 valence electrons. The average Bonchev–Trinajstić information content (AvgIpc) is 3.39. The van der Waals surface area contributed by atoms with Crippen molar-refractivity contribution in [1.29, 1.82) is 0 Å². The van der Waals surface area contributed by atoms with E-state index in [0.717, 1.165) is 22.4 Å². The van der Waals surface area contributed by atoms with Crippen molar-refractivity contribution >= 4 is 46.7 Å². The molecule has 1 atom stereocenters. The molecule has 0 aromatic heterocycles. The third kappa shape index (κ3) is 3.69. The summed E-state index contributed by atoms with van der Waals surface area (Å²) in [7, 11) is 1.59. The molecule has 3 aromatic rings. The first-order chi connectivity index (χ1) is 16.4. The van der Waals surface area contributed by atoms with Crippen LogP contribution in [0.2, 0.25) is 5.02 Å². The number of nitrogens with one attached hydrogen (secondary N) is 1. The molecule has 0 unspecified atom stereocenters. The molecule has 34 heavy (non-hydrogen) atoms. The number of rotatable bonds is 4. The Hall–Kier alpha value is -3.16. The number of thioether (sulfide) groups is 1. The summed E-state index contributed by atoms with van der Waals surface area (Å²) < 4.78 is 5.47. The quantitative estimate of drug-likeness (QED) is 0.511. The normalized spacial score (nSPS) is 19.0. The molecule has 0 bridgehead atoms. The van der Waals surface area contributed by atoms with Gasteiger partial charge in [-0.25, -0.2) is 4.79 Å². The van der Waals surface area contributed by atoms with E-state index in [9.17, 15) is 9.59 Å². The Balaban J connectivity index is 1.55. The van der Waals surface area contributed by atoms with Crippen molar-refractivity contribution in [2.24, 2.45) is 0 Å². The topological polar surface area (TPSA) is 61.9 Å². The van der Waals surface area contributed by atoms with Gasteiger partial charge in [-0.05, 0) is 48.9 Å². The predicted octanol–water partition coefficient (Wildman–Crippen LogP) is 5.64. The van der Waals surface area contributed by atoms with Gasteiger partial charge in [0, 0.05) is 28.6 Å². The van der Waals surface area contributed by atoms with Crippen LogP contribution in [0.5, 0.6) is 5.75 Å². The van der Waals surface area contributed by atoms with Crippen LogP contribution in [0, 0.1) is 6.92 Å². The molecule has 1 spiro atoms. The molecular weight excluding hydrogens is 470 g/mol. The SMILES string of the molecule is COc1ccc2c(c1)[C@]1(SCCN1C(=O)Nc1ccc(C)cc1)C(=O)N2Cc1ccccc1Cl. The van der Waals surface area contributed by atoms with Crippen molar-refractivity contribution in [2.75, 3.05) is 29.6 Å². The number of amides is 3. The first-order valence-corrected chi connectivity index (χ1v) is 12.3. The number of hydrogen-bond donors (Lipinski definition) is 1. The van der Waals surface area contributed by atoms with Crippen LogP contribution in [0.3, 0.4) is 0 Å². The van der Waals surface area contributed by atoms with Gasteiger partial charge in [-0.2, -0.15) is 0 Å². The van der Waals surface area contributed by atoms with Crippen LogP contribution in [0.4, 0.5) is 16.2 Å². The molecule has 5 rings (SSSR count). The monoisotopic (exact) mass is 493 g/mol. The lowest BCUT2D eigenvalue weighted by Crippen LogP contribution is -2.51. The molecular formula is C26H24ClN3O3S. The Labute approximate surface area is 207 Å². The van der Waals surface area contributed by atoms with Crippen molar-refractivity contribution in [3.63, 3.8) is 0 Å². The van der Waals surface area contributed by atoms with E-state index < -0.39 is 4.87 Å². The Morgan fingerprint density at radius 2 is 1.91 bits per heavy atom. The van der Waals surface area contributed by atoms with Crippen LogP contribution in [0.15, 0.2) is 66.7 Å². The van der Waals surface area contributed by atoms with Crippen LogP contribution in [-0.2, 0) is 16.2 Å². The minimum atomic E-state index is -1.17. The van der Waals surface area contributed by atoms with E-state index in [1.54, 1.807) is 16.9 Å². The predicted molar refractivity (Wildman–Crippen MR) is 137 cm³/mol. The summed E-state index contributed by atoms with van der Waals surface area (Å²) in [5, 5.41) is 3.56. The smallest absolute Gasteiger partial charge is 0.323 e. The van der Waals surface area contributed by atoms with Crippen LogP contribution >= 0.6 is 23.4 Å². The maximum Gasteiger partial charge on any atom is 0.323 e. The number of urea groups is 1. The zero-order valence-corrected chi connectivity index (χ0v) is 20.4. The van der Waals surface area contributed by atoms with Gasteiger partial charge in [0.05, 0.1) is 19.3 Å². The van der Waals surface area contributed by atoms with Gasteiger partial charge in [0.2, 0.25) is 0 Å². The number of methoxy groups -OCH3 is 1. The van der Waals surface area contributed by atoms with Gasteiger partial charge < -0.3 is 15.0 Å². The van der Waals surface area contributed by atoms with E-state index in [0.29, 0.717) is 35.3 Å². The second kappa shape index (κ2) is 8.89. The lowest BCUT2D eigenvalue weighted by atomic mass is 10.1. The lowest BCUT2D eigenvalue weighted by molar-refractivity contribution is -0.123. The van der Waals surface area contributed by atoms with E-state index in [-0.39, 0.29) is 11.9 Å². The minimum Gasteiger partial charge on any atom is -0.497 e. The van der Waals surface area contributed by atoms with Crippen LogP contribution in [-0.4, -0.2) is 36.2 Å². The summed E-state index contributed by atoms with van der Waals surface area (Å²) in [6.07, 6.45) is 0. The Kier molecular flexibility index (Phi) is 5.91. The highest BCUT2D eigenvalue weighted by molar-refractivity contribution is 8.01. The van der Waals surface area contributed by atoms with Crippen molar-refractivity contribution in [1.82, 2.24) is 4.90 Å². The number of nitrogens with zero attached hydrogens (tertiary/aromatic N) is 2. The lowest BCUT2D eigenvalue weighted by Gasteiger charge is -2.33. The molecule has 2 aliphatic rings. The van der Waals surface area contributed by atoms with Gasteiger partial charge in [0.25, 0.3) is 5.91 Å². The summed E-state index contributed by atoms with van der Waals surface area (Å²) >= 11 is 7.89. The number of anilines is 2. The number of halogens is 1. The summed E-state index contributed by atoms with van der Waals surface area (Å²) in [6, 6.07) is 20.4. The van der Waals surface area contributed by atoms with Crippen molar-refractivity contribution < 1.29 is 14.3 Å². The highest BCUT2D eigenvalue weighted by Crippen LogP contribution is 2.55. The van der Waals surface area contributed by atoms with Crippen LogP contribution in [0.25, 0.3) is 0 Å². The summed E-state index contributed by atoms with van der Waals surface area (Å²) in [6.45, 7) is 2.76. The highest BCUT2D eigenvalue weighted by atomic mass is 35.5. The zero-order valence-electron chi connectivity index (χ0n) is 18.9. The Morgan fingerprint density at radius 3 is 2.65 bits per heavy atom. The van der Waals surface area contributed by atoms with E-state index in [1.165, 1.54) is 11.8 Å². The van der Waals surface area contributed by atoms with Crippen LogP contribution in [0.1, 0.15) is 16.7 Å². The van der Waals surface area contributed by atoms with Crippen molar-refractivity contribution in [3.05, 3.63) is 88.4 Å².